The standard InChI is InChI=1S/C17H22O4/c1-16(2)7-11(18)8-17(9-16)5-4-10-6-12(19)15(21-3)14(20)13(10)17/h6,19-20H,4-5,7-9H2,1-3H3/t17-/m1/s1. The molecule has 4 nitrogen and oxygen atoms in total. The molecule has 0 aromatic heterocycles. The summed E-state index contributed by atoms with van der Waals surface area (Å²) in [6.45, 7) is 4.22. The average molecular weight is 290 g/mol. The predicted molar refractivity (Wildman–Crippen MR) is 79.0 cm³/mol. The monoisotopic (exact) mass is 290 g/mol. The fraction of sp³-hybridized carbons (Fsp3) is 0.588. The van der Waals surface area contributed by atoms with E-state index in [4.69, 9.17) is 4.74 Å². The minimum atomic E-state index is -0.306. The van der Waals surface area contributed by atoms with E-state index in [0.29, 0.717) is 12.8 Å². The largest absolute Gasteiger partial charge is 0.504 e. The number of hydrogen-bond acceptors (Lipinski definition) is 4. The van der Waals surface area contributed by atoms with Crippen molar-refractivity contribution in [2.45, 2.75) is 51.4 Å². The molecule has 4 heteroatoms. The summed E-state index contributed by atoms with van der Waals surface area (Å²) in [6, 6.07) is 1.68. The highest BCUT2D eigenvalue weighted by atomic mass is 16.5. The van der Waals surface area contributed by atoms with Crippen molar-refractivity contribution in [2.75, 3.05) is 7.11 Å². The normalized spacial score (nSPS) is 26.9. The van der Waals surface area contributed by atoms with E-state index < -0.39 is 0 Å². The molecule has 0 bridgehead atoms. The first-order valence-corrected chi connectivity index (χ1v) is 7.42. The number of ketones is 1. The number of benzene rings is 1. The fourth-order valence-electron chi connectivity index (χ4n) is 4.55. The number of fused-ring (bicyclic) bond motifs is 2. The first-order valence-electron chi connectivity index (χ1n) is 7.42. The van der Waals surface area contributed by atoms with Crippen LogP contribution in [0.3, 0.4) is 0 Å². The van der Waals surface area contributed by atoms with Gasteiger partial charge in [0.1, 0.15) is 5.78 Å². The molecule has 0 aliphatic heterocycles. The highest BCUT2D eigenvalue weighted by Gasteiger charge is 2.50. The number of methoxy groups -OCH3 is 1. The van der Waals surface area contributed by atoms with Crippen LogP contribution in [0.1, 0.15) is 50.7 Å². The molecule has 1 atom stereocenters. The summed E-state index contributed by atoms with van der Waals surface area (Å²) >= 11 is 0. The van der Waals surface area contributed by atoms with Gasteiger partial charge in [-0.05, 0) is 36.3 Å². The van der Waals surface area contributed by atoms with E-state index in [0.717, 1.165) is 30.4 Å². The van der Waals surface area contributed by atoms with Gasteiger partial charge in [0.15, 0.2) is 11.5 Å². The topological polar surface area (TPSA) is 66.8 Å². The number of phenols is 2. The summed E-state index contributed by atoms with van der Waals surface area (Å²) < 4.78 is 5.13. The fourth-order valence-corrected chi connectivity index (χ4v) is 4.55. The summed E-state index contributed by atoms with van der Waals surface area (Å²) in [7, 11) is 1.43. The molecule has 0 amide bonds. The molecular weight excluding hydrogens is 268 g/mol. The highest BCUT2D eigenvalue weighted by Crippen LogP contribution is 2.58. The van der Waals surface area contributed by atoms with Gasteiger partial charge in [0.05, 0.1) is 7.11 Å². The molecule has 1 saturated carbocycles. The molecule has 0 unspecified atom stereocenters. The summed E-state index contributed by atoms with van der Waals surface area (Å²) in [5.41, 5.74) is 1.39. The zero-order valence-corrected chi connectivity index (χ0v) is 12.8. The molecule has 2 N–H and O–H groups in total. The molecule has 0 saturated heterocycles. The maximum atomic E-state index is 12.2. The van der Waals surface area contributed by atoms with Gasteiger partial charge in [0.25, 0.3) is 0 Å². The van der Waals surface area contributed by atoms with Crippen LogP contribution in [0.4, 0.5) is 0 Å². The third-order valence-corrected chi connectivity index (χ3v) is 4.95. The molecule has 0 heterocycles. The van der Waals surface area contributed by atoms with Gasteiger partial charge in [-0.15, -0.1) is 0 Å². The van der Waals surface area contributed by atoms with Crippen molar-refractivity contribution >= 4 is 5.78 Å². The van der Waals surface area contributed by atoms with Gasteiger partial charge in [-0.3, -0.25) is 4.79 Å². The summed E-state index contributed by atoms with van der Waals surface area (Å²) in [4.78, 5) is 12.2. The molecule has 3 rings (SSSR count). The zero-order chi connectivity index (χ0) is 15.4. The van der Waals surface area contributed by atoms with E-state index in [-0.39, 0.29) is 33.9 Å². The first-order chi connectivity index (χ1) is 9.78. The van der Waals surface area contributed by atoms with Crippen molar-refractivity contribution < 1.29 is 19.7 Å². The molecule has 1 fully saturated rings. The Kier molecular flexibility index (Phi) is 2.98. The van der Waals surface area contributed by atoms with Crippen LogP contribution >= 0.6 is 0 Å². The van der Waals surface area contributed by atoms with Crippen molar-refractivity contribution in [1.29, 1.82) is 0 Å². The van der Waals surface area contributed by atoms with Crippen LogP contribution in [0.15, 0.2) is 6.07 Å². The highest BCUT2D eigenvalue weighted by molar-refractivity contribution is 5.83. The van der Waals surface area contributed by atoms with Crippen LogP contribution in [0.2, 0.25) is 0 Å². The zero-order valence-electron chi connectivity index (χ0n) is 12.8. The van der Waals surface area contributed by atoms with E-state index >= 15 is 0 Å². The SMILES string of the molecule is COc1c(O)cc2c(c1O)[C@]1(CC2)CC(=O)CC(C)(C)C1. The van der Waals surface area contributed by atoms with Gasteiger partial charge >= 0.3 is 0 Å². The minimum absolute atomic E-state index is 0.00972. The van der Waals surface area contributed by atoms with Gasteiger partial charge in [-0.2, -0.15) is 0 Å². The molecule has 1 aromatic carbocycles. The number of phenolic OH excluding ortho intramolecular Hbond substituents is 2. The van der Waals surface area contributed by atoms with Gasteiger partial charge in [-0.25, -0.2) is 0 Å². The lowest BCUT2D eigenvalue weighted by Crippen LogP contribution is -2.39. The number of carbonyl (C=O) groups excluding carboxylic acids is 1. The summed E-state index contributed by atoms with van der Waals surface area (Å²) in [6.07, 6.45) is 3.58. The van der Waals surface area contributed by atoms with E-state index in [1.807, 2.05) is 0 Å². The van der Waals surface area contributed by atoms with E-state index in [1.165, 1.54) is 7.11 Å². The van der Waals surface area contributed by atoms with E-state index in [2.05, 4.69) is 13.8 Å². The Balaban J connectivity index is 2.17. The Morgan fingerprint density at radius 3 is 2.57 bits per heavy atom. The molecule has 21 heavy (non-hydrogen) atoms. The second kappa shape index (κ2) is 4.39. The molecule has 114 valence electrons. The number of aryl methyl sites for hydroxylation is 1. The summed E-state index contributed by atoms with van der Waals surface area (Å²) in [5.74, 6) is 0.346. The van der Waals surface area contributed by atoms with E-state index in [1.54, 1.807) is 6.07 Å². The maximum Gasteiger partial charge on any atom is 0.203 e. The maximum absolute atomic E-state index is 12.2. The van der Waals surface area contributed by atoms with Gasteiger partial charge < -0.3 is 14.9 Å². The third kappa shape index (κ3) is 2.08. The molecule has 1 spiro atoms. The van der Waals surface area contributed by atoms with Crippen LogP contribution in [-0.4, -0.2) is 23.1 Å². The van der Waals surface area contributed by atoms with Crippen LogP contribution in [0, 0.1) is 5.41 Å². The Morgan fingerprint density at radius 2 is 1.95 bits per heavy atom. The van der Waals surface area contributed by atoms with E-state index in [9.17, 15) is 15.0 Å². The number of Topliss-reactive ketones (excluding diaryl/α,β-unsaturated/α-hetero) is 1. The van der Waals surface area contributed by atoms with Gasteiger partial charge in [0, 0.05) is 23.8 Å². The Morgan fingerprint density at radius 1 is 1.24 bits per heavy atom. The molecular formula is C17H22O4. The number of aromatic hydroxyl groups is 2. The molecule has 0 radical (unpaired) electrons. The lowest BCUT2D eigenvalue weighted by molar-refractivity contribution is -0.125. The predicted octanol–water partition coefficient (Wildman–Crippen LogP) is 3.07. The Hall–Kier alpha value is -1.71. The van der Waals surface area contributed by atoms with Crippen LogP contribution in [0.25, 0.3) is 0 Å². The third-order valence-electron chi connectivity index (χ3n) is 4.95. The van der Waals surface area contributed by atoms with Crippen molar-refractivity contribution in [2.24, 2.45) is 5.41 Å². The number of carbonyl (C=O) groups is 1. The summed E-state index contributed by atoms with van der Waals surface area (Å²) in [5, 5.41) is 20.5. The second-order valence-electron chi connectivity index (χ2n) is 7.33. The number of rotatable bonds is 1. The van der Waals surface area contributed by atoms with Crippen LogP contribution < -0.4 is 4.74 Å². The van der Waals surface area contributed by atoms with Gasteiger partial charge in [0.2, 0.25) is 5.75 Å². The van der Waals surface area contributed by atoms with Crippen molar-refractivity contribution in [1.82, 2.24) is 0 Å². The van der Waals surface area contributed by atoms with Gasteiger partial charge in [-0.1, -0.05) is 13.8 Å². The quantitative estimate of drug-likeness (QED) is 0.834. The number of hydrogen-bond donors (Lipinski definition) is 2. The lowest BCUT2D eigenvalue weighted by atomic mass is 9.60. The first kappa shape index (κ1) is 14.2. The van der Waals surface area contributed by atoms with Crippen LogP contribution in [0.5, 0.6) is 17.2 Å². The minimum Gasteiger partial charge on any atom is -0.504 e. The molecule has 1 aromatic rings. The average Bonchev–Trinajstić information content (AvgIpc) is 2.64. The second-order valence-corrected chi connectivity index (χ2v) is 7.33. The smallest absolute Gasteiger partial charge is 0.203 e. The Bertz CT molecular complexity index is 618. The van der Waals surface area contributed by atoms with Crippen molar-refractivity contribution in [3.63, 3.8) is 0 Å². The molecule has 2 aliphatic rings. The Labute approximate surface area is 124 Å². The lowest BCUT2D eigenvalue weighted by Gasteiger charge is -2.42. The van der Waals surface area contributed by atoms with Crippen molar-refractivity contribution in [3.05, 3.63) is 17.2 Å². The number of ether oxygens (including phenoxy) is 1. The molecule has 2 aliphatic carbocycles. The van der Waals surface area contributed by atoms with Crippen LogP contribution in [-0.2, 0) is 16.6 Å². The van der Waals surface area contributed by atoms with Crippen molar-refractivity contribution in [3.8, 4) is 17.2 Å².